The molecule has 1 rings (SSSR count). The lowest BCUT2D eigenvalue weighted by Crippen LogP contribution is -2.58. The van der Waals surface area contributed by atoms with E-state index in [1.807, 2.05) is 0 Å². The Morgan fingerprint density at radius 1 is 1.70 bits per heavy atom. The van der Waals surface area contributed by atoms with Gasteiger partial charge in [-0.1, -0.05) is 6.92 Å². The van der Waals surface area contributed by atoms with Crippen LogP contribution in [0.1, 0.15) is 13.3 Å². The number of nitrogens with one attached hydrogen (secondary N) is 2. The molecule has 0 aromatic heterocycles. The second kappa shape index (κ2) is 3.91. The summed E-state index contributed by atoms with van der Waals surface area (Å²) in [5, 5.41) is 15.3. The van der Waals surface area contributed by atoms with E-state index >= 15 is 0 Å². The molecule has 1 heterocycles. The van der Waals surface area contributed by atoms with Crippen LogP contribution in [0.2, 0.25) is 0 Å². The van der Waals surface area contributed by atoms with Gasteiger partial charge in [-0.25, -0.2) is 0 Å². The van der Waals surface area contributed by atoms with Gasteiger partial charge in [-0.15, -0.1) is 0 Å². The SMILES string of the molecule is CC[C@@H](CO)NC1CNC1. The van der Waals surface area contributed by atoms with Crippen molar-refractivity contribution in [3.8, 4) is 0 Å². The van der Waals surface area contributed by atoms with E-state index in [0.29, 0.717) is 12.1 Å². The average molecular weight is 144 g/mol. The highest BCUT2D eigenvalue weighted by atomic mass is 16.3. The molecular weight excluding hydrogens is 128 g/mol. The zero-order valence-corrected chi connectivity index (χ0v) is 6.43. The maximum atomic E-state index is 8.81. The molecular formula is C7H16N2O. The van der Waals surface area contributed by atoms with E-state index in [4.69, 9.17) is 5.11 Å². The maximum Gasteiger partial charge on any atom is 0.0584 e. The molecule has 0 saturated carbocycles. The lowest BCUT2D eigenvalue weighted by molar-refractivity contribution is 0.212. The molecule has 3 heteroatoms. The van der Waals surface area contributed by atoms with Crippen molar-refractivity contribution in [1.29, 1.82) is 0 Å². The van der Waals surface area contributed by atoms with E-state index in [9.17, 15) is 0 Å². The molecule has 0 spiro atoms. The zero-order valence-electron chi connectivity index (χ0n) is 6.43. The van der Waals surface area contributed by atoms with Crippen molar-refractivity contribution in [1.82, 2.24) is 10.6 Å². The van der Waals surface area contributed by atoms with Crippen LogP contribution in [-0.2, 0) is 0 Å². The maximum absolute atomic E-state index is 8.81. The standard InChI is InChI=1S/C7H16N2O/c1-2-6(5-10)9-7-3-8-4-7/h6-10H,2-5H2,1H3/t6-/m0/s1. The van der Waals surface area contributed by atoms with Crippen LogP contribution in [-0.4, -0.2) is 36.9 Å². The van der Waals surface area contributed by atoms with Gasteiger partial charge in [0, 0.05) is 25.2 Å². The minimum atomic E-state index is 0.257. The molecule has 1 aliphatic heterocycles. The Hall–Kier alpha value is -0.120. The number of aliphatic hydroxyl groups excluding tert-OH is 1. The third-order valence-corrected chi connectivity index (χ3v) is 1.97. The van der Waals surface area contributed by atoms with Crippen molar-refractivity contribution in [2.24, 2.45) is 0 Å². The molecule has 1 atom stereocenters. The molecule has 10 heavy (non-hydrogen) atoms. The molecule has 3 nitrogen and oxygen atoms in total. The van der Waals surface area contributed by atoms with Crippen molar-refractivity contribution >= 4 is 0 Å². The molecule has 0 aromatic carbocycles. The summed E-state index contributed by atoms with van der Waals surface area (Å²) in [6.07, 6.45) is 1.01. The Morgan fingerprint density at radius 3 is 2.70 bits per heavy atom. The Bertz CT molecular complexity index is 89.6. The predicted octanol–water partition coefficient (Wildman–Crippen LogP) is -0.681. The van der Waals surface area contributed by atoms with Gasteiger partial charge in [0.1, 0.15) is 0 Å². The first-order valence-corrected chi connectivity index (χ1v) is 3.94. The van der Waals surface area contributed by atoms with E-state index < -0.39 is 0 Å². The van der Waals surface area contributed by atoms with Crippen molar-refractivity contribution in [2.75, 3.05) is 19.7 Å². The second-order valence-electron chi connectivity index (χ2n) is 2.81. The van der Waals surface area contributed by atoms with Gasteiger partial charge in [0.05, 0.1) is 6.61 Å². The van der Waals surface area contributed by atoms with Crippen LogP contribution in [0.15, 0.2) is 0 Å². The number of hydrogen-bond acceptors (Lipinski definition) is 3. The van der Waals surface area contributed by atoms with E-state index in [1.165, 1.54) is 0 Å². The highest BCUT2D eigenvalue weighted by Crippen LogP contribution is 1.96. The van der Waals surface area contributed by atoms with Gasteiger partial charge < -0.3 is 15.7 Å². The summed E-state index contributed by atoms with van der Waals surface area (Å²) < 4.78 is 0. The quantitative estimate of drug-likeness (QED) is 0.490. The fourth-order valence-electron chi connectivity index (χ4n) is 1.04. The van der Waals surface area contributed by atoms with Crippen molar-refractivity contribution in [3.05, 3.63) is 0 Å². The van der Waals surface area contributed by atoms with Gasteiger partial charge in [0.15, 0.2) is 0 Å². The Morgan fingerprint density at radius 2 is 2.40 bits per heavy atom. The number of hydrogen-bond donors (Lipinski definition) is 3. The highest BCUT2D eigenvalue weighted by Gasteiger charge is 2.18. The summed E-state index contributed by atoms with van der Waals surface area (Å²) in [7, 11) is 0. The minimum Gasteiger partial charge on any atom is -0.395 e. The molecule has 0 radical (unpaired) electrons. The van der Waals surface area contributed by atoms with Crippen molar-refractivity contribution in [2.45, 2.75) is 25.4 Å². The van der Waals surface area contributed by atoms with Crippen LogP contribution >= 0.6 is 0 Å². The third-order valence-electron chi connectivity index (χ3n) is 1.97. The first-order chi connectivity index (χ1) is 4.86. The summed E-state index contributed by atoms with van der Waals surface area (Å²) in [6, 6.07) is 0.893. The monoisotopic (exact) mass is 144 g/mol. The number of rotatable bonds is 4. The van der Waals surface area contributed by atoms with E-state index in [2.05, 4.69) is 17.6 Å². The average Bonchev–Trinajstić information content (AvgIpc) is 1.87. The summed E-state index contributed by atoms with van der Waals surface area (Å²) in [4.78, 5) is 0. The third kappa shape index (κ3) is 1.94. The van der Waals surface area contributed by atoms with E-state index in [1.54, 1.807) is 0 Å². The Labute approximate surface area is 61.8 Å². The summed E-state index contributed by atoms with van der Waals surface area (Å²) in [5.41, 5.74) is 0. The smallest absolute Gasteiger partial charge is 0.0584 e. The second-order valence-corrected chi connectivity index (χ2v) is 2.81. The van der Waals surface area contributed by atoms with Crippen LogP contribution < -0.4 is 10.6 Å². The van der Waals surface area contributed by atoms with Gasteiger partial charge in [0.25, 0.3) is 0 Å². The van der Waals surface area contributed by atoms with Gasteiger partial charge in [-0.3, -0.25) is 0 Å². The van der Waals surface area contributed by atoms with Gasteiger partial charge >= 0.3 is 0 Å². The summed E-state index contributed by atoms with van der Waals surface area (Å²) in [5.74, 6) is 0. The zero-order chi connectivity index (χ0) is 7.40. The summed E-state index contributed by atoms with van der Waals surface area (Å²) >= 11 is 0. The molecule has 60 valence electrons. The van der Waals surface area contributed by atoms with Crippen LogP contribution in [0.4, 0.5) is 0 Å². The molecule has 0 bridgehead atoms. The molecule has 0 unspecified atom stereocenters. The molecule has 1 aliphatic rings. The lowest BCUT2D eigenvalue weighted by atomic mass is 10.1. The topological polar surface area (TPSA) is 44.3 Å². The van der Waals surface area contributed by atoms with Crippen LogP contribution in [0.25, 0.3) is 0 Å². The molecule has 3 N–H and O–H groups in total. The first kappa shape index (κ1) is 7.98. The predicted molar refractivity (Wildman–Crippen MR) is 41.0 cm³/mol. The lowest BCUT2D eigenvalue weighted by Gasteiger charge is -2.31. The molecule has 0 aromatic rings. The van der Waals surface area contributed by atoms with Crippen molar-refractivity contribution < 1.29 is 5.11 Å². The largest absolute Gasteiger partial charge is 0.395 e. The summed E-state index contributed by atoms with van der Waals surface area (Å²) in [6.45, 7) is 4.44. The van der Waals surface area contributed by atoms with Crippen LogP contribution in [0.3, 0.4) is 0 Å². The Kier molecular flexibility index (Phi) is 3.12. The van der Waals surface area contributed by atoms with Crippen molar-refractivity contribution in [3.63, 3.8) is 0 Å². The van der Waals surface area contributed by atoms with Crippen LogP contribution in [0, 0.1) is 0 Å². The van der Waals surface area contributed by atoms with E-state index in [-0.39, 0.29) is 6.61 Å². The first-order valence-electron chi connectivity index (χ1n) is 3.94. The molecule has 0 aliphatic carbocycles. The number of aliphatic hydroxyl groups is 1. The Balaban J connectivity index is 2.08. The normalized spacial score (nSPS) is 22.2. The highest BCUT2D eigenvalue weighted by molar-refractivity contribution is 4.84. The fraction of sp³-hybridized carbons (Fsp3) is 1.00. The molecule has 1 fully saturated rings. The van der Waals surface area contributed by atoms with E-state index in [0.717, 1.165) is 19.5 Å². The van der Waals surface area contributed by atoms with Gasteiger partial charge in [0.2, 0.25) is 0 Å². The van der Waals surface area contributed by atoms with Gasteiger partial charge in [-0.2, -0.15) is 0 Å². The fourth-order valence-corrected chi connectivity index (χ4v) is 1.04. The minimum absolute atomic E-state index is 0.257. The van der Waals surface area contributed by atoms with Crippen LogP contribution in [0.5, 0.6) is 0 Å². The molecule has 0 amide bonds. The molecule has 1 saturated heterocycles. The van der Waals surface area contributed by atoms with Gasteiger partial charge in [-0.05, 0) is 6.42 Å².